The van der Waals surface area contributed by atoms with Crippen LogP contribution >= 0.6 is 43.2 Å². The van der Waals surface area contributed by atoms with Gasteiger partial charge in [0.2, 0.25) is 11.8 Å². The highest BCUT2D eigenvalue weighted by molar-refractivity contribution is 9.13. The van der Waals surface area contributed by atoms with Crippen LogP contribution in [-0.2, 0) is 37.8 Å². The maximum Gasteiger partial charge on any atom is 0.272 e. The Balaban J connectivity index is 1.04. The molecule has 64 heavy (non-hydrogen) atoms. The zero-order chi connectivity index (χ0) is 46.7. The van der Waals surface area contributed by atoms with Crippen molar-refractivity contribution >= 4 is 107 Å². The summed E-state index contributed by atoms with van der Waals surface area (Å²) in [7, 11) is 6.63. The minimum absolute atomic E-state index is 0.00324. The van der Waals surface area contributed by atoms with Crippen molar-refractivity contribution in [2.24, 2.45) is 28.2 Å². The Morgan fingerprint density at radius 3 is 1.36 bits per heavy atom. The van der Waals surface area contributed by atoms with Gasteiger partial charge in [0, 0.05) is 89.9 Å². The SMILES string of the molecule is CCN(CC)CCCNC(=O)CCNC(=O)c1cc(NC(=O)c2cc(NC(=O)CCNC(=O)c3cc(NC(=O)c4cc(NC(=O)c5cc(Br)c(Br)s5)cn4C)cn3C)cn2C)cn1C. The van der Waals surface area contributed by atoms with E-state index in [1.807, 2.05) is 0 Å². The molecule has 342 valence electrons. The zero-order valence-electron chi connectivity index (χ0n) is 36.3. The Morgan fingerprint density at radius 2 is 0.938 bits per heavy atom. The van der Waals surface area contributed by atoms with Gasteiger partial charge in [-0.3, -0.25) is 33.6 Å². The van der Waals surface area contributed by atoms with E-state index in [1.54, 1.807) is 83.4 Å². The highest BCUT2D eigenvalue weighted by Gasteiger charge is 2.20. The van der Waals surface area contributed by atoms with Gasteiger partial charge in [-0.25, -0.2) is 0 Å². The van der Waals surface area contributed by atoms with E-state index in [2.05, 4.69) is 87.8 Å². The summed E-state index contributed by atoms with van der Waals surface area (Å²) in [4.78, 5) is 92.7. The molecule has 5 heterocycles. The maximum absolute atomic E-state index is 13.2. The molecule has 5 aromatic heterocycles. The van der Waals surface area contributed by atoms with E-state index in [0.29, 0.717) is 39.9 Å². The van der Waals surface area contributed by atoms with Crippen LogP contribution in [0.5, 0.6) is 0 Å². The van der Waals surface area contributed by atoms with E-state index < -0.39 is 29.5 Å². The Hall–Kier alpha value is -5.97. The fourth-order valence-electron chi connectivity index (χ4n) is 6.62. The molecule has 0 aliphatic carbocycles. The molecule has 5 aromatic rings. The lowest BCUT2D eigenvalue weighted by molar-refractivity contribution is -0.121. The van der Waals surface area contributed by atoms with Gasteiger partial charge in [-0.05, 0) is 88.2 Å². The first-order valence-corrected chi connectivity index (χ1v) is 22.8. The van der Waals surface area contributed by atoms with Gasteiger partial charge >= 0.3 is 0 Å². The summed E-state index contributed by atoms with van der Waals surface area (Å²) < 4.78 is 7.78. The number of rotatable bonds is 21. The molecule has 7 amide bonds. The minimum Gasteiger partial charge on any atom is -0.356 e. The van der Waals surface area contributed by atoms with E-state index in [0.717, 1.165) is 34.3 Å². The Bertz CT molecular complexity index is 2510. The highest BCUT2D eigenvalue weighted by atomic mass is 79.9. The molecule has 0 aliphatic heterocycles. The quantitative estimate of drug-likeness (QED) is 0.0488. The second-order valence-electron chi connectivity index (χ2n) is 14.8. The number of halogens is 2. The number of hydrogen-bond acceptors (Lipinski definition) is 9. The van der Waals surface area contributed by atoms with Gasteiger partial charge in [-0.2, -0.15) is 0 Å². The van der Waals surface area contributed by atoms with Crippen LogP contribution in [0, 0.1) is 0 Å². The number of thiophene rings is 1. The monoisotopic (exact) mass is 1030 g/mol. The van der Waals surface area contributed by atoms with Crippen molar-refractivity contribution in [3.05, 3.63) is 91.0 Å². The third kappa shape index (κ3) is 13.3. The molecule has 0 saturated heterocycles. The molecule has 19 nitrogen and oxygen atoms in total. The Labute approximate surface area is 390 Å². The molecule has 0 radical (unpaired) electrons. The number of amides is 7. The minimum atomic E-state index is -0.474. The number of aryl methyl sites for hydroxylation is 4. The van der Waals surface area contributed by atoms with Gasteiger partial charge in [-0.15, -0.1) is 11.3 Å². The first-order chi connectivity index (χ1) is 30.5. The summed E-state index contributed by atoms with van der Waals surface area (Å²) in [6.07, 6.45) is 7.29. The molecule has 0 aromatic carbocycles. The molecule has 5 rings (SSSR count). The first kappa shape index (κ1) is 49.1. The molecule has 0 bridgehead atoms. The molecule has 0 fully saturated rings. The molecule has 0 saturated carbocycles. The van der Waals surface area contributed by atoms with Crippen LogP contribution in [0.25, 0.3) is 0 Å². The molecule has 0 atom stereocenters. The summed E-state index contributed by atoms with van der Waals surface area (Å²) in [6, 6.07) is 7.79. The summed E-state index contributed by atoms with van der Waals surface area (Å²) >= 11 is 8.02. The van der Waals surface area contributed by atoms with Crippen molar-refractivity contribution in [2.45, 2.75) is 33.1 Å². The lowest BCUT2D eigenvalue weighted by Crippen LogP contribution is -2.33. The molecule has 0 spiro atoms. The third-order valence-corrected chi connectivity index (χ3v) is 13.3. The van der Waals surface area contributed by atoms with E-state index in [4.69, 9.17) is 0 Å². The van der Waals surface area contributed by atoms with Gasteiger partial charge in [0.1, 0.15) is 22.8 Å². The predicted octanol–water partition coefficient (Wildman–Crippen LogP) is 5.11. The maximum atomic E-state index is 13.2. The predicted molar refractivity (Wildman–Crippen MR) is 253 cm³/mol. The molecular formula is C42H52Br2N12O7S. The van der Waals surface area contributed by atoms with Crippen LogP contribution in [-0.4, -0.2) is 104 Å². The van der Waals surface area contributed by atoms with Gasteiger partial charge in [0.05, 0.1) is 31.4 Å². The van der Waals surface area contributed by atoms with Gasteiger partial charge in [0.15, 0.2) is 0 Å². The topological polar surface area (TPSA) is 227 Å². The number of carbonyl (C=O) groups is 7. The zero-order valence-corrected chi connectivity index (χ0v) is 40.3. The van der Waals surface area contributed by atoms with Crippen LogP contribution in [0.1, 0.15) is 84.7 Å². The average molecular weight is 1030 g/mol. The average Bonchev–Trinajstić information content (AvgIpc) is 4.06. The standard InChI is InChI=1S/C42H52Br2N12O7S/c1-7-56(8-2)15-9-12-45-35(57)10-13-46-38(59)30-17-26(22-52(30)3)49-40(61)32-16-25(21-54(32)5)48-36(58)11-14-47-39(60)31-18-27(23-53(31)4)50-41(62)33-19-28(24-55(33)6)51-42(63)34-20-29(43)37(44)64-34/h16-24H,7-15H2,1-6H3,(H,45,57)(H,46,59)(H,47,60)(H,48,58)(H,49,61)(H,50,62)(H,51,63). The second kappa shape index (κ2) is 22.6. The van der Waals surface area contributed by atoms with Crippen LogP contribution in [0.15, 0.2) is 63.4 Å². The smallest absolute Gasteiger partial charge is 0.272 e. The highest BCUT2D eigenvalue weighted by Crippen LogP contribution is 2.33. The summed E-state index contributed by atoms with van der Waals surface area (Å²) in [6.45, 7) is 7.76. The second-order valence-corrected chi connectivity index (χ2v) is 18.0. The summed E-state index contributed by atoms with van der Waals surface area (Å²) in [5, 5.41) is 19.4. The fourth-order valence-corrected chi connectivity index (χ4v) is 8.55. The number of hydrogen-bond donors (Lipinski definition) is 7. The van der Waals surface area contributed by atoms with E-state index >= 15 is 0 Å². The molecule has 0 unspecified atom stereocenters. The van der Waals surface area contributed by atoms with Crippen LogP contribution in [0.3, 0.4) is 0 Å². The number of anilines is 4. The van der Waals surface area contributed by atoms with E-state index in [-0.39, 0.29) is 54.8 Å². The van der Waals surface area contributed by atoms with E-state index in [9.17, 15) is 33.6 Å². The van der Waals surface area contributed by atoms with Crippen LogP contribution in [0.2, 0.25) is 0 Å². The number of nitrogens with zero attached hydrogens (tertiary/aromatic N) is 5. The third-order valence-electron chi connectivity index (χ3n) is 10.0. The summed E-state index contributed by atoms with van der Waals surface area (Å²) in [5.41, 5.74) is 2.59. The fraction of sp³-hybridized carbons (Fsp3) is 0.357. The van der Waals surface area contributed by atoms with Gasteiger partial charge in [0.25, 0.3) is 29.5 Å². The van der Waals surface area contributed by atoms with Gasteiger partial charge in [-0.1, -0.05) is 13.8 Å². The van der Waals surface area contributed by atoms with Crippen molar-refractivity contribution in [1.29, 1.82) is 0 Å². The van der Waals surface area contributed by atoms with Crippen LogP contribution in [0.4, 0.5) is 22.7 Å². The van der Waals surface area contributed by atoms with Gasteiger partial charge < -0.3 is 60.4 Å². The van der Waals surface area contributed by atoms with Crippen LogP contribution < -0.4 is 37.2 Å². The Morgan fingerprint density at radius 1 is 0.531 bits per heavy atom. The lowest BCUT2D eigenvalue weighted by atomic mass is 10.3. The van der Waals surface area contributed by atoms with Crippen molar-refractivity contribution in [2.75, 3.05) is 60.5 Å². The molecule has 22 heteroatoms. The number of nitrogens with one attached hydrogen (secondary N) is 7. The number of carbonyl (C=O) groups excluding carboxylic acids is 7. The normalized spacial score (nSPS) is 11.0. The lowest BCUT2D eigenvalue weighted by Gasteiger charge is -2.17. The summed E-state index contributed by atoms with van der Waals surface area (Å²) in [5.74, 6) is -2.66. The largest absolute Gasteiger partial charge is 0.356 e. The van der Waals surface area contributed by atoms with Crippen molar-refractivity contribution < 1.29 is 33.6 Å². The molecular weight excluding hydrogens is 976 g/mol. The van der Waals surface area contributed by atoms with E-state index in [1.165, 1.54) is 29.5 Å². The molecule has 7 N–H and O–H groups in total. The number of aromatic nitrogens is 4. The van der Waals surface area contributed by atoms with Crippen molar-refractivity contribution in [3.8, 4) is 0 Å². The van der Waals surface area contributed by atoms with Crippen molar-refractivity contribution in [1.82, 2.24) is 39.1 Å². The first-order valence-electron chi connectivity index (χ1n) is 20.4. The Kier molecular flexibility index (Phi) is 17.3. The van der Waals surface area contributed by atoms with Crippen molar-refractivity contribution in [3.63, 3.8) is 0 Å². The molecule has 0 aliphatic rings.